The quantitative estimate of drug-likeness (QED) is 0.739. The van der Waals surface area contributed by atoms with E-state index in [4.69, 9.17) is 9.47 Å². The number of allylic oxidation sites excluding steroid dienone is 1. The van der Waals surface area contributed by atoms with Gasteiger partial charge in [-0.1, -0.05) is 6.08 Å². The minimum absolute atomic E-state index is 0.0913. The van der Waals surface area contributed by atoms with Crippen molar-refractivity contribution in [1.82, 2.24) is 4.90 Å². The van der Waals surface area contributed by atoms with Gasteiger partial charge in [0.2, 0.25) is 0 Å². The molecule has 1 saturated heterocycles. The molecule has 108 valence electrons. The van der Waals surface area contributed by atoms with Gasteiger partial charge in [0.1, 0.15) is 17.4 Å². The van der Waals surface area contributed by atoms with Crippen LogP contribution in [0.1, 0.15) is 41.0 Å². The lowest BCUT2D eigenvalue weighted by Gasteiger charge is -2.34. The standard InChI is InChI=1S/C14H23NO4/c1-7-8-11(16)10-9-18-14(5,6)15(10)12(17)19-13(2,3)4/h7,10H,1,8-9H2,2-6H3. The van der Waals surface area contributed by atoms with E-state index < -0.39 is 23.5 Å². The number of ether oxygens (including phenoxy) is 2. The molecular weight excluding hydrogens is 246 g/mol. The highest BCUT2D eigenvalue weighted by Crippen LogP contribution is 2.30. The van der Waals surface area contributed by atoms with Crippen molar-refractivity contribution < 1.29 is 19.1 Å². The Morgan fingerprint density at radius 2 is 2.05 bits per heavy atom. The molecule has 0 aromatic carbocycles. The van der Waals surface area contributed by atoms with Crippen LogP contribution in [0.15, 0.2) is 12.7 Å². The summed E-state index contributed by atoms with van der Waals surface area (Å²) >= 11 is 0. The maximum absolute atomic E-state index is 12.2. The average molecular weight is 269 g/mol. The van der Waals surface area contributed by atoms with Crippen LogP contribution in [0.5, 0.6) is 0 Å². The van der Waals surface area contributed by atoms with E-state index in [1.54, 1.807) is 34.6 Å². The van der Waals surface area contributed by atoms with Crippen LogP contribution in [0, 0.1) is 0 Å². The van der Waals surface area contributed by atoms with Crippen LogP contribution in [0.25, 0.3) is 0 Å². The monoisotopic (exact) mass is 269 g/mol. The van der Waals surface area contributed by atoms with E-state index in [1.807, 2.05) is 0 Å². The number of hydrogen-bond donors (Lipinski definition) is 0. The van der Waals surface area contributed by atoms with Crippen molar-refractivity contribution in [2.45, 2.75) is 58.4 Å². The summed E-state index contributed by atoms with van der Waals surface area (Å²) in [5.74, 6) is -0.0913. The average Bonchev–Trinajstić information content (AvgIpc) is 2.51. The number of nitrogens with zero attached hydrogens (tertiary/aromatic N) is 1. The van der Waals surface area contributed by atoms with Gasteiger partial charge in [-0.05, 0) is 34.6 Å². The summed E-state index contributed by atoms with van der Waals surface area (Å²) in [5, 5.41) is 0. The van der Waals surface area contributed by atoms with Crippen LogP contribution in [0.2, 0.25) is 0 Å². The third kappa shape index (κ3) is 3.80. The molecule has 19 heavy (non-hydrogen) atoms. The Hall–Kier alpha value is -1.36. The Morgan fingerprint density at radius 1 is 1.47 bits per heavy atom. The number of ketones is 1. The molecule has 1 rings (SSSR count). The molecule has 1 atom stereocenters. The van der Waals surface area contributed by atoms with Gasteiger partial charge in [-0.3, -0.25) is 9.69 Å². The third-order valence-electron chi connectivity index (χ3n) is 2.79. The van der Waals surface area contributed by atoms with Crippen LogP contribution in [0.3, 0.4) is 0 Å². The first kappa shape index (κ1) is 15.7. The van der Waals surface area contributed by atoms with Gasteiger partial charge in [-0.25, -0.2) is 4.79 Å². The van der Waals surface area contributed by atoms with E-state index in [2.05, 4.69) is 6.58 Å². The molecule has 0 radical (unpaired) electrons. The number of carbonyl (C=O) groups is 2. The van der Waals surface area contributed by atoms with E-state index >= 15 is 0 Å². The lowest BCUT2D eigenvalue weighted by molar-refractivity contribution is -0.123. The van der Waals surface area contributed by atoms with E-state index in [0.717, 1.165) is 0 Å². The van der Waals surface area contributed by atoms with Crippen LogP contribution in [0.4, 0.5) is 4.79 Å². The number of carbonyl (C=O) groups excluding carboxylic acids is 2. The second-order valence-electron chi connectivity index (χ2n) is 6.08. The lowest BCUT2D eigenvalue weighted by Crippen LogP contribution is -2.52. The van der Waals surface area contributed by atoms with Crippen molar-refractivity contribution in [3.63, 3.8) is 0 Å². The minimum Gasteiger partial charge on any atom is -0.444 e. The van der Waals surface area contributed by atoms with Crippen molar-refractivity contribution in [1.29, 1.82) is 0 Å². The molecule has 1 aliphatic heterocycles. The molecule has 0 bridgehead atoms. The molecule has 1 aliphatic rings. The fourth-order valence-corrected chi connectivity index (χ4v) is 1.98. The summed E-state index contributed by atoms with van der Waals surface area (Å²) in [7, 11) is 0. The Balaban J connectivity index is 2.93. The summed E-state index contributed by atoms with van der Waals surface area (Å²) in [4.78, 5) is 25.6. The maximum Gasteiger partial charge on any atom is 0.413 e. The third-order valence-corrected chi connectivity index (χ3v) is 2.79. The van der Waals surface area contributed by atoms with Gasteiger partial charge in [0, 0.05) is 6.42 Å². The molecule has 0 aromatic rings. The zero-order chi connectivity index (χ0) is 14.8. The molecule has 1 amide bonds. The number of Topliss-reactive ketones (excluding diaryl/α,β-unsaturated/α-hetero) is 1. The first-order chi connectivity index (χ1) is 8.58. The molecule has 0 N–H and O–H groups in total. The zero-order valence-corrected chi connectivity index (χ0v) is 12.4. The molecule has 1 unspecified atom stereocenters. The van der Waals surface area contributed by atoms with Crippen LogP contribution < -0.4 is 0 Å². The van der Waals surface area contributed by atoms with Crippen molar-refractivity contribution in [2.75, 3.05) is 6.61 Å². The first-order valence-electron chi connectivity index (χ1n) is 6.38. The normalized spacial score (nSPS) is 22.2. The molecule has 1 heterocycles. The predicted octanol–water partition coefficient (Wildman–Crippen LogP) is 2.50. The van der Waals surface area contributed by atoms with Gasteiger partial charge in [0.15, 0.2) is 5.78 Å². The van der Waals surface area contributed by atoms with Gasteiger partial charge in [0.05, 0.1) is 6.61 Å². The molecule has 0 aliphatic carbocycles. The highest BCUT2D eigenvalue weighted by Gasteiger charge is 2.48. The molecule has 0 aromatic heterocycles. The molecule has 1 fully saturated rings. The van der Waals surface area contributed by atoms with E-state index in [-0.39, 0.29) is 18.8 Å². The van der Waals surface area contributed by atoms with Crippen molar-refractivity contribution in [3.05, 3.63) is 12.7 Å². The smallest absolute Gasteiger partial charge is 0.413 e. The van der Waals surface area contributed by atoms with Crippen LogP contribution in [-0.2, 0) is 14.3 Å². The summed E-state index contributed by atoms with van der Waals surface area (Å²) in [6.07, 6.45) is 1.21. The van der Waals surface area contributed by atoms with Crippen molar-refractivity contribution in [2.24, 2.45) is 0 Å². The second-order valence-corrected chi connectivity index (χ2v) is 6.08. The Bertz CT molecular complexity index is 381. The fraction of sp³-hybridized carbons (Fsp3) is 0.714. The van der Waals surface area contributed by atoms with Crippen molar-refractivity contribution >= 4 is 11.9 Å². The Labute approximate surface area is 114 Å². The topological polar surface area (TPSA) is 55.8 Å². The predicted molar refractivity (Wildman–Crippen MR) is 71.7 cm³/mol. The van der Waals surface area contributed by atoms with E-state index in [9.17, 15) is 9.59 Å². The zero-order valence-electron chi connectivity index (χ0n) is 12.4. The highest BCUT2D eigenvalue weighted by atomic mass is 16.6. The maximum atomic E-state index is 12.2. The van der Waals surface area contributed by atoms with Crippen molar-refractivity contribution in [3.8, 4) is 0 Å². The summed E-state index contributed by atoms with van der Waals surface area (Å²) < 4.78 is 10.9. The van der Waals surface area contributed by atoms with Gasteiger partial charge < -0.3 is 9.47 Å². The summed E-state index contributed by atoms with van der Waals surface area (Å²) in [5.41, 5.74) is -1.45. The lowest BCUT2D eigenvalue weighted by atomic mass is 10.1. The molecule has 5 nitrogen and oxygen atoms in total. The molecule has 0 saturated carbocycles. The van der Waals surface area contributed by atoms with Gasteiger partial charge in [-0.15, -0.1) is 6.58 Å². The van der Waals surface area contributed by atoms with Gasteiger partial charge >= 0.3 is 6.09 Å². The minimum atomic E-state index is -0.843. The highest BCUT2D eigenvalue weighted by molar-refractivity contribution is 5.89. The van der Waals surface area contributed by atoms with E-state index in [1.165, 1.54) is 11.0 Å². The fourth-order valence-electron chi connectivity index (χ4n) is 1.98. The Kier molecular flexibility index (Phi) is 4.40. The summed E-state index contributed by atoms with van der Waals surface area (Å²) in [6.45, 7) is 12.6. The van der Waals surface area contributed by atoms with Gasteiger partial charge in [0.25, 0.3) is 0 Å². The molecule has 0 spiro atoms. The molecule has 5 heteroatoms. The largest absolute Gasteiger partial charge is 0.444 e. The SMILES string of the molecule is C=CCC(=O)C1COC(C)(C)N1C(=O)OC(C)(C)C. The second kappa shape index (κ2) is 5.33. The number of hydrogen-bond acceptors (Lipinski definition) is 4. The Morgan fingerprint density at radius 3 is 2.53 bits per heavy atom. The van der Waals surface area contributed by atoms with Crippen LogP contribution in [-0.4, -0.2) is 40.8 Å². The summed E-state index contributed by atoms with van der Waals surface area (Å²) in [6, 6.07) is -0.608. The number of rotatable bonds is 3. The van der Waals surface area contributed by atoms with Gasteiger partial charge in [-0.2, -0.15) is 0 Å². The first-order valence-corrected chi connectivity index (χ1v) is 6.38. The van der Waals surface area contributed by atoms with Crippen LogP contribution >= 0.6 is 0 Å². The van der Waals surface area contributed by atoms with E-state index in [0.29, 0.717) is 0 Å². The number of amides is 1. The molecular formula is C14H23NO4.